The van der Waals surface area contributed by atoms with Gasteiger partial charge in [0.1, 0.15) is 5.92 Å². The standard InChI is InChI=1S/C25H15F3N2O4/c26-25(27,28)13-6-5-7-14(12-13)29-22(31)20-19-15-8-1-3-10-17(15)24(30(33)34,21(20)23(29)32)18-11-4-2-9-16(18)19/h1-12,19-21H/t19?,20-,21-,24?/m1/s1. The third-order valence-corrected chi connectivity index (χ3v) is 7.29. The lowest BCUT2D eigenvalue weighted by Gasteiger charge is -2.48. The first-order chi connectivity index (χ1) is 16.2. The van der Waals surface area contributed by atoms with Crippen LogP contribution in [0.1, 0.15) is 33.7 Å². The van der Waals surface area contributed by atoms with E-state index in [1.165, 1.54) is 6.07 Å². The maximum atomic E-state index is 13.8. The second-order valence-electron chi connectivity index (χ2n) is 8.74. The van der Waals surface area contributed by atoms with E-state index < -0.39 is 51.8 Å². The Kier molecular flexibility index (Phi) is 3.95. The topological polar surface area (TPSA) is 80.5 Å². The minimum absolute atomic E-state index is 0.245. The van der Waals surface area contributed by atoms with Gasteiger partial charge in [0.15, 0.2) is 0 Å². The minimum Gasteiger partial charge on any atom is -0.274 e. The molecule has 0 N–H and O–H groups in total. The van der Waals surface area contributed by atoms with Crippen LogP contribution >= 0.6 is 0 Å². The molecule has 3 aromatic rings. The van der Waals surface area contributed by atoms with Crippen LogP contribution in [0.2, 0.25) is 0 Å². The molecule has 2 bridgehead atoms. The molecule has 34 heavy (non-hydrogen) atoms. The van der Waals surface area contributed by atoms with Crippen molar-refractivity contribution < 1.29 is 27.7 Å². The molecule has 7 rings (SSSR count). The quantitative estimate of drug-likeness (QED) is 0.318. The molecule has 3 aliphatic carbocycles. The summed E-state index contributed by atoms with van der Waals surface area (Å²) in [4.78, 5) is 40.5. The first-order valence-electron chi connectivity index (χ1n) is 10.6. The van der Waals surface area contributed by atoms with Crippen molar-refractivity contribution in [3.63, 3.8) is 0 Å². The van der Waals surface area contributed by atoms with E-state index in [0.717, 1.165) is 18.2 Å². The number of benzene rings is 3. The van der Waals surface area contributed by atoms with E-state index in [4.69, 9.17) is 0 Å². The largest absolute Gasteiger partial charge is 0.416 e. The molecule has 0 radical (unpaired) electrons. The van der Waals surface area contributed by atoms with Gasteiger partial charge in [-0.15, -0.1) is 0 Å². The summed E-state index contributed by atoms with van der Waals surface area (Å²) in [5.41, 5.74) is -1.41. The average Bonchev–Trinajstić information content (AvgIpc) is 3.09. The van der Waals surface area contributed by atoms with Crippen LogP contribution in [-0.4, -0.2) is 16.7 Å². The van der Waals surface area contributed by atoms with Crippen molar-refractivity contribution >= 4 is 17.5 Å². The highest BCUT2D eigenvalue weighted by molar-refractivity contribution is 6.23. The summed E-state index contributed by atoms with van der Waals surface area (Å²) in [7, 11) is 0. The smallest absolute Gasteiger partial charge is 0.274 e. The Balaban J connectivity index is 1.62. The Morgan fingerprint density at radius 2 is 1.44 bits per heavy atom. The number of carbonyl (C=O) groups excluding carboxylic acids is 2. The highest BCUT2D eigenvalue weighted by atomic mass is 19.4. The predicted molar refractivity (Wildman–Crippen MR) is 113 cm³/mol. The Bertz CT molecular complexity index is 1370. The molecule has 9 heteroatoms. The summed E-state index contributed by atoms with van der Waals surface area (Å²) in [6, 6.07) is 17.3. The number of anilines is 1. The Morgan fingerprint density at radius 1 is 0.853 bits per heavy atom. The number of hydrogen-bond acceptors (Lipinski definition) is 4. The van der Waals surface area contributed by atoms with Crippen LogP contribution in [0.25, 0.3) is 0 Å². The van der Waals surface area contributed by atoms with Gasteiger partial charge in [0.2, 0.25) is 11.8 Å². The van der Waals surface area contributed by atoms with Crippen LogP contribution in [-0.2, 0) is 21.3 Å². The van der Waals surface area contributed by atoms with Crippen LogP contribution in [0.15, 0.2) is 72.8 Å². The molecule has 170 valence electrons. The van der Waals surface area contributed by atoms with Crippen molar-refractivity contribution in [1.29, 1.82) is 0 Å². The van der Waals surface area contributed by atoms with Gasteiger partial charge >= 0.3 is 6.18 Å². The fraction of sp³-hybridized carbons (Fsp3) is 0.200. The van der Waals surface area contributed by atoms with Gasteiger partial charge in [-0.1, -0.05) is 54.6 Å². The Morgan fingerprint density at radius 3 is 2.00 bits per heavy atom. The van der Waals surface area contributed by atoms with Crippen molar-refractivity contribution in [3.8, 4) is 0 Å². The Labute approximate surface area is 190 Å². The third kappa shape index (κ3) is 2.31. The van der Waals surface area contributed by atoms with E-state index in [0.29, 0.717) is 27.2 Å². The van der Waals surface area contributed by atoms with E-state index in [1.807, 2.05) is 0 Å². The summed E-state index contributed by atoms with van der Waals surface area (Å²) >= 11 is 0. The number of rotatable bonds is 2. The van der Waals surface area contributed by atoms with Gasteiger partial charge < -0.3 is 0 Å². The highest BCUT2D eigenvalue weighted by Crippen LogP contribution is 2.64. The number of imide groups is 1. The number of nitrogens with zero attached hydrogens (tertiary/aromatic N) is 2. The van der Waals surface area contributed by atoms with Crippen molar-refractivity contribution in [1.82, 2.24) is 0 Å². The maximum absolute atomic E-state index is 13.8. The summed E-state index contributed by atoms with van der Waals surface area (Å²) in [6.45, 7) is 0. The molecule has 1 saturated heterocycles. The van der Waals surface area contributed by atoms with Crippen LogP contribution < -0.4 is 4.90 Å². The molecule has 3 aromatic carbocycles. The van der Waals surface area contributed by atoms with Crippen molar-refractivity contribution in [2.24, 2.45) is 11.8 Å². The summed E-state index contributed by atoms with van der Waals surface area (Å²) in [6.07, 6.45) is -4.68. The first-order valence-corrected chi connectivity index (χ1v) is 10.6. The normalized spacial score (nSPS) is 26.8. The van der Waals surface area contributed by atoms with E-state index in [9.17, 15) is 32.9 Å². The highest BCUT2D eigenvalue weighted by Gasteiger charge is 2.74. The van der Waals surface area contributed by atoms with E-state index >= 15 is 0 Å². The lowest BCUT2D eigenvalue weighted by Crippen LogP contribution is -2.57. The number of alkyl halides is 3. The number of amides is 2. The molecule has 4 aliphatic rings. The predicted octanol–water partition coefficient (Wildman–Crippen LogP) is 4.49. The zero-order valence-electron chi connectivity index (χ0n) is 17.3. The molecule has 0 aromatic heterocycles. The number of carbonyl (C=O) groups is 2. The fourth-order valence-electron chi connectivity index (χ4n) is 6.12. The molecule has 6 nitrogen and oxygen atoms in total. The van der Waals surface area contributed by atoms with E-state index in [-0.39, 0.29) is 5.69 Å². The second kappa shape index (κ2) is 6.53. The lowest BCUT2D eigenvalue weighted by molar-refractivity contribution is -0.578. The zero-order chi connectivity index (χ0) is 24.0. The van der Waals surface area contributed by atoms with Crippen molar-refractivity contribution in [2.45, 2.75) is 17.6 Å². The number of hydrogen-bond donors (Lipinski definition) is 0. The molecule has 1 heterocycles. The molecule has 1 fully saturated rings. The maximum Gasteiger partial charge on any atom is 0.416 e. The molecular weight excluding hydrogens is 449 g/mol. The van der Waals surface area contributed by atoms with Crippen LogP contribution in [0.4, 0.5) is 18.9 Å². The SMILES string of the molecule is O=C1[C@@H]2C3c4ccccc4C([N+](=O)[O-])(c4ccccc43)[C@H]2C(=O)N1c1cccc(C(F)(F)F)c1. The molecule has 0 spiro atoms. The van der Waals surface area contributed by atoms with Gasteiger partial charge in [0.05, 0.1) is 17.2 Å². The molecular formula is C25H15F3N2O4. The third-order valence-electron chi connectivity index (χ3n) is 7.29. The summed E-state index contributed by atoms with van der Waals surface area (Å²) in [5.74, 6) is -4.68. The van der Waals surface area contributed by atoms with Crippen LogP contribution in [0, 0.1) is 22.0 Å². The molecule has 1 aliphatic heterocycles. The lowest BCUT2D eigenvalue weighted by atomic mass is 9.51. The number of nitro groups is 1. The van der Waals surface area contributed by atoms with Gasteiger partial charge in [0.25, 0.3) is 5.54 Å². The summed E-state index contributed by atoms with van der Waals surface area (Å²) < 4.78 is 40.0. The van der Waals surface area contributed by atoms with E-state index in [1.54, 1.807) is 48.5 Å². The van der Waals surface area contributed by atoms with Gasteiger partial charge in [0, 0.05) is 22.0 Å². The molecule has 2 amide bonds. The minimum atomic E-state index is -4.68. The first kappa shape index (κ1) is 20.6. The van der Waals surface area contributed by atoms with Crippen LogP contribution in [0.5, 0.6) is 0 Å². The van der Waals surface area contributed by atoms with Gasteiger partial charge in [-0.25, -0.2) is 4.90 Å². The molecule has 0 saturated carbocycles. The van der Waals surface area contributed by atoms with Gasteiger partial charge in [-0.2, -0.15) is 13.2 Å². The Hall–Kier alpha value is -4.01. The van der Waals surface area contributed by atoms with Crippen molar-refractivity contribution in [2.75, 3.05) is 4.90 Å². The molecule has 2 atom stereocenters. The zero-order valence-corrected chi connectivity index (χ0v) is 17.3. The fourth-order valence-corrected chi connectivity index (χ4v) is 6.12. The van der Waals surface area contributed by atoms with Crippen molar-refractivity contribution in [3.05, 3.63) is 111 Å². The second-order valence-corrected chi connectivity index (χ2v) is 8.74. The molecule has 0 unspecified atom stereocenters. The van der Waals surface area contributed by atoms with E-state index in [2.05, 4.69) is 0 Å². The van der Waals surface area contributed by atoms with Gasteiger partial charge in [-0.05, 0) is 29.3 Å². The average molecular weight is 464 g/mol. The van der Waals surface area contributed by atoms with Crippen LogP contribution in [0.3, 0.4) is 0 Å². The summed E-state index contributed by atoms with van der Waals surface area (Å²) in [5, 5.41) is 12.9. The number of halogens is 3. The monoisotopic (exact) mass is 464 g/mol. The van der Waals surface area contributed by atoms with Gasteiger partial charge in [-0.3, -0.25) is 19.7 Å².